The first-order valence-corrected chi connectivity index (χ1v) is 8.57. The third-order valence-electron chi connectivity index (χ3n) is 4.72. The number of pyridine rings is 1. The minimum atomic E-state index is -0.486. The van der Waals surface area contributed by atoms with E-state index >= 15 is 0 Å². The Hall–Kier alpha value is -1.66. The molecule has 2 fully saturated rings. The lowest BCUT2D eigenvalue weighted by atomic mass is 10.1. The molecule has 0 bridgehead atoms. The van der Waals surface area contributed by atoms with Crippen molar-refractivity contribution < 1.29 is 9.53 Å². The summed E-state index contributed by atoms with van der Waals surface area (Å²) in [6, 6.07) is 3.68. The van der Waals surface area contributed by atoms with Gasteiger partial charge in [-0.2, -0.15) is 0 Å². The molecule has 3 heterocycles. The number of carbonyl (C=O) groups is 1. The van der Waals surface area contributed by atoms with Gasteiger partial charge in [-0.15, -0.1) is 0 Å². The summed E-state index contributed by atoms with van der Waals surface area (Å²) >= 11 is 0. The van der Waals surface area contributed by atoms with E-state index in [1.54, 1.807) is 12.3 Å². The number of hydrogen-bond donors (Lipinski definition) is 1. The van der Waals surface area contributed by atoms with E-state index in [9.17, 15) is 4.79 Å². The number of hydrogen-bond acceptors (Lipinski definition) is 5. The predicted octanol–water partition coefficient (Wildman–Crippen LogP) is 1.26. The number of carbonyl (C=O) groups excluding carboxylic acids is 1. The Labute approximate surface area is 137 Å². The smallest absolute Gasteiger partial charge is 0.267 e. The van der Waals surface area contributed by atoms with Crippen LogP contribution in [0.5, 0.6) is 0 Å². The third-order valence-corrected chi connectivity index (χ3v) is 4.72. The van der Waals surface area contributed by atoms with Gasteiger partial charge in [0, 0.05) is 31.5 Å². The van der Waals surface area contributed by atoms with Crippen molar-refractivity contribution in [3.05, 3.63) is 24.0 Å². The van der Waals surface area contributed by atoms with Crippen molar-refractivity contribution in [3.8, 4) is 0 Å². The minimum absolute atomic E-state index is 0.269. The van der Waals surface area contributed by atoms with E-state index in [1.165, 1.54) is 32.4 Å². The molecule has 1 atom stereocenters. The third kappa shape index (κ3) is 4.42. The van der Waals surface area contributed by atoms with Crippen LogP contribution in [-0.4, -0.2) is 61.2 Å². The maximum Gasteiger partial charge on any atom is 0.267 e. The molecule has 2 aliphatic heterocycles. The number of anilines is 1. The lowest BCUT2D eigenvalue weighted by molar-refractivity contribution is 0.0467. The first-order chi connectivity index (χ1) is 11.2. The Bertz CT molecular complexity index is 531. The van der Waals surface area contributed by atoms with Crippen LogP contribution in [-0.2, 0) is 4.74 Å². The van der Waals surface area contributed by atoms with Crippen molar-refractivity contribution in [2.45, 2.75) is 31.8 Å². The quantitative estimate of drug-likeness (QED) is 0.855. The first kappa shape index (κ1) is 16.2. The SMILES string of the molecule is NC(=O)c1cc(N2CC[C@H](OCCN3CCCCC3)C2)ccn1. The molecule has 1 aromatic rings. The molecule has 3 rings (SSSR count). The van der Waals surface area contributed by atoms with Gasteiger partial charge in [0.2, 0.25) is 0 Å². The minimum Gasteiger partial charge on any atom is -0.375 e. The average molecular weight is 318 g/mol. The van der Waals surface area contributed by atoms with Gasteiger partial charge < -0.3 is 20.3 Å². The zero-order valence-corrected chi connectivity index (χ0v) is 13.6. The zero-order valence-electron chi connectivity index (χ0n) is 13.6. The maximum absolute atomic E-state index is 11.2. The van der Waals surface area contributed by atoms with E-state index in [0.29, 0.717) is 5.69 Å². The molecule has 6 heteroatoms. The zero-order chi connectivity index (χ0) is 16.1. The molecule has 0 spiro atoms. The van der Waals surface area contributed by atoms with Gasteiger partial charge in [0.25, 0.3) is 5.91 Å². The summed E-state index contributed by atoms with van der Waals surface area (Å²) in [5.74, 6) is -0.486. The molecule has 126 valence electrons. The maximum atomic E-state index is 11.2. The summed E-state index contributed by atoms with van der Waals surface area (Å²) in [6.07, 6.45) is 6.94. The van der Waals surface area contributed by atoms with Crippen LogP contribution in [0.2, 0.25) is 0 Å². The second kappa shape index (κ2) is 7.75. The summed E-state index contributed by atoms with van der Waals surface area (Å²) in [5.41, 5.74) is 6.61. The molecule has 0 aromatic carbocycles. The Morgan fingerprint density at radius 1 is 1.30 bits per heavy atom. The number of aromatic nitrogens is 1. The van der Waals surface area contributed by atoms with Crippen molar-refractivity contribution in [1.29, 1.82) is 0 Å². The van der Waals surface area contributed by atoms with E-state index in [-0.39, 0.29) is 6.10 Å². The van der Waals surface area contributed by atoms with Crippen molar-refractivity contribution in [2.24, 2.45) is 5.73 Å². The highest BCUT2D eigenvalue weighted by Gasteiger charge is 2.24. The van der Waals surface area contributed by atoms with Crippen molar-refractivity contribution in [3.63, 3.8) is 0 Å². The Morgan fingerprint density at radius 2 is 2.13 bits per heavy atom. The average Bonchev–Trinajstić information content (AvgIpc) is 3.05. The topological polar surface area (TPSA) is 71.7 Å². The van der Waals surface area contributed by atoms with Gasteiger partial charge in [0.15, 0.2) is 0 Å². The van der Waals surface area contributed by atoms with Gasteiger partial charge in [-0.05, 0) is 44.5 Å². The molecule has 1 amide bonds. The second-order valence-corrected chi connectivity index (χ2v) is 6.39. The van der Waals surface area contributed by atoms with E-state index in [4.69, 9.17) is 10.5 Å². The molecule has 1 aromatic heterocycles. The van der Waals surface area contributed by atoms with Gasteiger partial charge in [0.05, 0.1) is 12.7 Å². The molecule has 2 N–H and O–H groups in total. The van der Waals surface area contributed by atoms with Crippen LogP contribution in [0, 0.1) is 0 Å². The lowest BCUT2D eigenvalue weighted by Crippen LogP contribution is -2.34. The predicted molar refractivity (Wildman–Crippen MR) is 89.6 cm³/mol. The summed E-state index contributed by atoms with van der Waals surface area (Å²) in [6.45, 7) is 6.08. The second-order valence-electron chi connectivity index (χ2n) is 6.39. The number of likely N-dealkylation sites (tertiary alicyclic amines) is 1. The van der Waals surface area contributed by atoms with Crippen LogP contribution in [0.1, 0.15) is 36.2 Å². The first-order valence-electron chi connectivity index (χ1n) is 8.57. The summed E-state index contributed by atoms with van der Waals surface area (Å²) < 4.78 is 6.04. The van der Waals surface area contributed by atoms with Gasteiger partial charge in [0.1, 0.15) is 5.69 Å². The summed E-state index contributed by atoms with van der Waals surface area (Å²) in [4.78, 5) is 20.0. The summed E-state index contributed by atoms with van der Waals surface area (Å²) in [5, 5.41) is 0. The number of nitrogens with zero attached hydrogens (tertiary/aromatic N) is 3. The number of ether oxygens (including phenoxy) is 1. The Morgan fingerprint density at radius 3 is 2.91 bits per heavy atom. The Kier molecular flexibility index (Phi) is 5.46. The number of primary amides is 1. The van der Waals surface area contributed by atoms with Crippen molar-refractivity contribution in [1.82, 2.24) is 9.88 Å². The lowest BCUT2D eigenvalue weighted by Gasteiger charge is -2.26. The normalized spacial score (nSPS) is 22.4. The number of rotatable bonds is 6. The molecule has 0 unspecified atom stereocenters. The van der Waals surface area contributed by atoms with Crippen LogP contribution in [0.25, 0.3) is 0 Å². The van der Waals surface area contributed by atoms with E-state index in [2.05, 4.69) is 14.8 Å². The standard InChI is InChI=1S/C17H26N4O2/c18-17(22)16-12-14(4-6-19-16)21-9-5-15(13-21)23-11-10-20-7-2-1-3-8-20/h4,6,12,15H,1-3,5,7-11,13H2,(H2,18,22)/t15-/m0/s1. The number of piperidine rings is 1. The summed E-state index contributed by atoms with van der Waals surface area (Å²) in [7, 11) is 0. The fraction of sp³-hybridized carbons (Fsp3) is 0.647. The van der Waals surface area contributed by atoms with Crippen LogP contribution in [0.3, 0.4) is 0 Å². The van der Waals surface area contributed by atoms with Crippen LogP contribution in [0.4, 0.5) is 5.69 Å². The number of amides is 1. The van der Waals surface area contributed by atoms with E-state index in [0.717, 1.165) is 38.3 Å². The highest BCUT2D eigenvalue weighted by atomic mass is 16.5. The fourth-order valence-electron chi connectivity index (χ4n) is 3.38. The van der Waals surface area contributed by atoms with Crippen LogP contribution in [0.15, 0.2) is 18.3 Å². The van der Waals surface area contributed by atoms with Crippen LogP contribution < -0.4 is 10.6 Å². The van der Waals surface area contributed by atoms with Crippen molar-refractivity contribution >= 4 is 11.6 Å². The Balaban J connectivity index is 1.44. The van der Waals surface area contributed by atoms with Crippen molar-refractivity contribution in [2.75, 3.05) is 44.2 Å². The molecule has 0 radical (unpaired) electrons. The van der Waals surface area contributed by atoms with E-state index in [1.807, 2.05) is 6.07 Å². The van der Waals surface area contributed by atoms with Crippen LogP contribution >= 0.6 is 0 Å². The molecule has 0 aliphatic carbocycles. The largest absolute Gasteiger partial charge is 0.375 e. The van der Waals surface area contributed by atoms with Gasteiger partial charge in [-0.3, -0.25) is 9.78 Å². The molecule has 2 aliphatic rings. The van der Waals surface area contributed by atoms with Gasteiger partial charge >= 0.3 is 0 Å². The molecular formula is C17H26N4O2. The number of nitrogens with two attached hydrogens (primary N) is 1. The molecule has 0 saturated carbocycles. The fourth-order valence-corrected chi connectivity index (χ4v) is 3.38. The molecular weight excluding hydrogens is 292 g/mol. The van der Waals surface area contributed by atoms with Gasteiger partial charge in [-0.1, -0.05) is 6.42 Å². The monoisotopic (exact) mass is 318 g/mol. The highest BCUT2D eigenvalue weighted by Crippen LogP contribution is 2.22. The van der Waals surface area contributed by atoms with Gasteiger partial charge in [-0.25, -0.2) is 0 Å². The molecule has 6 nitrogen and oxygen atoms in total. The highest BCUT2D eigenvalue weighted by molar-refractivity contribution is 5.91. The molecule has 2 saturated heterocycles. The van der Waals surface area contributed by atoms with E-state index < -0.39 is 5.91 Å². The molecule has 23 heavy (non-hydrogen) atoms.